The lowest BCUT2D eigenvalue weighted by atomic mass is 9.93. The van der Waals surface area contributed by atoms with Gasteiger partial charge in [0.1, 0.15) is 11.5 Å². The summed E-state index contributed by atoms with van der Waals surface area (Å²) in [6, 6.07) is 14.4. The molecular weight excluding hydrogens is 376 g/mol. The topological polar surface area (TPSA) is 75.6 Å². The monoisotopic (exact) mass is 402 g/mol. The first-order valence-corrected chi connectivity index (χ1v) is 10.5. The van der Waals surface area contributed by atoms with E-state index in [-0.39, 0.29) is 0 Å². The molecule has 0 saturated heterocycles. The van der Waals surface area contributed by atoms with Gasteiger partial charge in [-0.1, -0.05) is 28.9 Å². The molecule has 0 radical (unpaired) electrons. The van der Waals surface area contributed by atoms with Gasteiger partial charge in [0, 0.05) is 10.9 Å². The molecule has 6 nitrogen and oxygen atoms in total. The van der Waals surface area contributed by atoms with Gasteiger partial charge in [0.15, 0.2) is 0 Å². The fourth-order valence-corrected chi connectivity index (χ4v) is 4.86. The molecule has 2 heterocycles. The third kappa shape index (κ3) is 2.99. The second-order valence-electron chi connectivity index (χ2n) is 8.27. The first-order valence-electron chi connectivity index (χ1n) is 10.5. The summed E-state index contributed by atoms with van der Waals surface area (Å²) < 4.78 is 4.21. The summed E-state index contributed by atoms with van der Waals surface area (Å²) in [4.78, 5) is 4.61. The highest BCUT2D eigenvalue weighted by Crippen LogP contribution is 2.33. The second kappa shape index (κ2) is 7.29. The summed E-state index contributed by atoms with van der Waals surface area (Å²) in [7, 11) is 0. The van der Waals surface area contributed by atoms with E-state index in [0.717, 1.165) is 47.3 Å². The number of hydrogen-bond donors (Lipinski definition) is 2. The Kier molecular flexibility index (Phi) is 4.59. The maximum absolute atomic E-state index is 11.1. The number of aryl methyl sites for hydroxylation is 3. The smallest absolute Gasteiger partial charge is 0.106 e. The summed E-state index contributed by atoms with van der Waals surface area (Å²) >= 11 is 0. The van der Waals surface area contributed by atoms with Crippen LogP contribution in [0.3, 0.4) is 0 Å². The van der Waals surface area contributed by atoms with E-state index in [9.17, 15) is 10.3 Å². The molecule has 1 aliphatic carbocycles. The predicted molar refractivity (Wildman–Crippen MR) is 118 cm³/mol. The van der Waals surface area contributed by atoms with Crippen molar-refractivity contribution in [2.75, 3.05) is 0 Å². The maximum atomic E-state index is 11.1. The highest BCUT2D eigenvalue weighted by molar-refractivity contribution is 6.06. The lowest BCUT2D eigenvalue weighted by Crippen LogP contribution is -2.26. The molecular formula is C24H26N4O2. The maximum Gasteiger partial charge on any atom is 0.106 e. The van der Waals surface area contributed by atoms with Gasteiger partial charge in [0.25, 0.3) is 0 Å². The highest BCUT2D eigenvalue weighted by atomic mass is 16.4. The number of rotatable bonds is 4. The van der Waals surface area contributed by atoms with Gasteiger partial charge >= 0.3 is 0 Å². The van der Waals surface area contributed by atoms with Crippen molar-refractivity contribution in [1.29, 1.82) is 0 Å². The van der Waals surface area contributed by atoms with Crippen LogP contribution in [0.4, 0.5) is 0 Å². The molecule has 1 unspecified atom stereocenters. The Morgan fingerprint density at radius 3 is 2.67 bits per heavy atom. The molecule has 0 fully saturated rings. The number of nitrogens with zero attached hydrogens (tertiary/aromatic N) is 4. The summed E-state index contributed by atoms with van der Waals surface area (Å²) in [6.45, 7) is 4.95. The standard InChI is InChI=1S/C24H26N4O2/c1-15-10-11-22-19(12-15)18-6-5-8-21(26-30)24(18)28(22)14-17(29)13-27-16(2)25-20-7-3-4-9-23(20)27/h3-4,7,9-12,17,29-30H,5-6,8,13-14H2,1-2H3/b26-21+. The Bertz CT molecular complexity index is 1280. The van der Waals surface area contributed by atoms with Gasteiger partial charge in [0.05, 0.1) is 35.9 Å². The zero-order chi connectivity index (χ0) is 20.8. The minimum Gasteiger partial charge on any atom is -0.411 e. The fraction of sp³-hybridized carbons (Fsp3) is 0.333. The van der Waals surface area contributed by atoms with Crippen molar-refractivity contribution in [3.63, 3.8) is 0 Å². The SMILES string of the molecule is Cc1ccc2c(c1)c1c(n2CC(O)Cn2c(C)nc3ccccc32)/C(=N/O)CCC1. The number of fused-ring (bicyclic) bond motifs is 4. The van der Waals surface area contributed by atoms with Gasteiger partial charge in [-0.05, 0) is 62.9 Å². The van der Waals surface area contributed by atoms with Gasteiger partial charge in [0.2, 0.25) is 0 Å². The highest BCUT2D eigenvalue weighted by Gasteiger charge is 2.26. The molecule has 0 aliphatic heterocycles. The zero-order valence-corrected chi connectivity index (χ0v) is 17.3. The van der Waals surface area contributed by atoms with Crippen LogP contribution in [0.25, 0.3) is 21.9 Å². The lowest BCUT2D eigenvalue weighted by molar-refractivity contribution is 0.136. The van der Waals surface area contributed by atoms with Crippen LogP contribution in [0.5, 0.6) is 0 Å². The third-order valence-corrected chi connectivity index (χ3v) is 6.19. The first-order chi connectivity index (χ1) is 14.6. The van der Waals surface area contributed by atoms with E-state index in [2.05, 4.69) is 44.4 Å². The normalized spacial score (nSPS) is 16.4. The van der Waals surface area contributed by atoms with Gasteiger partial charge in [-0.2, -0.15) is 0 Å². The van der Waals surface area contributed by atoms with E-state index < -0.39 is 6.10 Å². The average molecular weight is 402 g/mol. The second-order valence-corrected chi connectivity index (χ2v) is 8.27. The fourth-order valence-electron chi connectivity index (χ4n) is 4.86. The summed E-state index contributed by atoms with van der Waals surface area (Å²) in [5, 5.41) is 25.5. The molecule has 0 amide bonds. The van der Waals surface area contributed by atoms with Crippen molar-refractivity contribution in [1.82, 2.24) is 14.1 Å². The minimum atomic E-state index is -0.607. The number of aliphatic hydroxyl groups is 1. The van der Waals surface area contributed by atoms with Crippen molar-refractivity contribution in [3.05, 3.63) is 65.1 Å². The van der Waals surface area contributed by atoms with Crippen molar-refractivity contribution in [2.45, 2.75) is 52.3 Å². The number of oxime groups is 1. The van der Waals surface area contributed by atoms with Crippen LogP contribution in [0.2, 0.25) is 0 Å². The van der Waals surface area contributed by atoms with E-state index >= 15 is 0 Å². The molecule has 30 heavy (non-hydrogen) atoms. The number of aromatic nitrogens is 3. The van der Waals surface area contributed by atoms with Crippen LogP contribution < -0.4 is 0 Å². The zero-order valence-electron chi connectivity index (χ0n) is 17.3. The van der Waals surface area contributed by atoms with Gasteiger partial charge in [-0.25, -0.2) is 4.98 Å². The Hall–Kier alpha value is -3.12. The molecule has 154 valence electrons. The first kappa shape index (κ1) is 18.9. The molecule has 2 aromatic heterocycles. The van der Waals surface area contributed by atoms with Crippen molar-refractivity contribution >= 4 is 27.6 Å². The van der Waals surface area contributed by atoms with Gasteiger partial charge in [-0.15, -0.1) is 0 Å². The molecule has 2 N–H and O–H groups in total. The number of aliphatic hydroxyl groups excluding tert-OH is 1. The molecule has 0 spiro atoms. The van der Waals surface area contributed by atoms with Crippen molar-refractivity contribution in [2.24, 2.45) is 5.16 Å². The molecule has 6 heteroatoms. The van der Waals surface area contributed by atoms with Crippen LogP contribution in [0.1, 0.15) is 35.5 Å². The van der Waals surface area contributed by atoms with Crippen LogP contribution in [0, 0.1) is 13.8 Å². The summed E-state index contributed by atoms with van der Waals surface area (Å²) in [6.07, 6.45) is 2.08. The predicted octanol–water partition coefficient (Wildman–Crippen LogP) is 4.18. The van der Waals surface area contributed by atoms with Crippen molar-refractivity contribution < 1.29 is 10.3 Å². The minimum absolute atomic E-state index is 0.430. The van der Waals surface area contributed by atoms with Crippen LogP contribution in [-0.2, 0) is 19.5 Å². The molecule has 1 atom stereocenters. The third-order valence-electron chi connectivity index (χ3n) is 6.19. The van der Waals surface area contributed by atoms with Gasteiger partial charge < -0.3 is 19.4 Å². The number of hydrogen-bond acceptors (Lipinski definition) is 4. The molecule has 4 aromatic rings. The Balaban J connectivity index is 1.56. The Labute approximate surface area is 175 Å². The Morgan fingerprint density at radius 2 is 1.83 bits per heavy atom. The number of imidazole rings is 1. The molecule has 1 aliphatic rings. The number of para-hydroxylation sites is 2. The molecule has 5 rings (SSSR count). The number of benzene rings is 2. The van der Waals surface area contributed by atoms with E-state index in [1.807, 2.05) is 31.2 Å². The van der Waals surface area contributed by atoms with Crippen LogP contribution >= 0.6 is 0 Å². The van der Waals surface area contributed by atoms with E-state index in [1.54, 1.807) is 0 Å². The van der Waals surface area contributed by atoms with Gasteiger partial charge in [-0.3, -0.25) is 0 Å². The lowest BCUT2D eigenvalue weighted by Gasteiger charge is -2.20. The largest absolute Gasteiger partial charge is 0.411 e. The summed E-state index contributed by atoms with van der Waals surface area (Å²) in [5.74, 6) is 0.892. The molecule has 0 saturated carbocycles. The Morgan fingerprint density at radius 1 is 1.03 bits per heavy atom. The van der Waals surface area contributed by atoms with Crippen LogP contribution in [-0.4, -0.2) is 36.2 Å². The van der Waals surface area contributed by atoms with E-state index in [4.69, 9.17) is 0 Å². The average Bonchev–Trinajstić information content (AvgIpc) is 3.22. The molecule has 0 bridgehead atoms. The quantitative estimate of drug-likeness (QED) is 0.397. The molecule has 2 aromatic carbocycles. The van der Waals surface area contributed by atoms with E-state index in [0.29, 0.717) is 18.8 Å². The summed E-state index contributed by atoms with van der Waals surface area (Å²) in [5.41, 5.74) is 7.16. The van der Waals surface area contributed by atoms with Crippen LogP contribution in [0.15, 0.2) is 47.6 Å². The van der Waals surface area contributed by atoms with E-state index in [1.165, 1.54) is 16.5 Å². The van der Waals surface area contributed by atoms with Crippen molar-refractivity contribution in [3.8, 4) is 0 Å².